The SMILES string of the molecule is C=CC(=O)Oc1ccc2cccc(OC)c2n1. The molecule has 0 fully saturated rings. The largest absolute Gasteiger partial charge is 0.494 e. The fourth-order valence-electron chi connectivity index (χ4n) is 1.47. The molecule has 2 aromatic rings. The number of rotatable bonds is 3. The molecular weight excluding hydrogens is 218 g/mol. The molecule has 0 spiro atoms. The quantitative estimate of drug-likeness (QED) is 0.598. The summed E-state index contributed by atoms with van der Waals surface area (Å²) in [6, 6.07) is 9.02. The van der Waals surface area contributed by atoms with Crippen molar-refractivity contribution < 1.29 is 14.3 Å². The van der Waals surface area contributed by atoms with Crippen LogP contribution in [0.2, 0.25) is 0 Å². The zero-order valence-electron chi connectivity index (χ0n) is 9.34. The molecule has 0 atom stereocenters. The van der Waals surface area contributed by atoms with Gasteiger partial charge in [0.05, 0.1) is 7.11 Å². The van der Waals surface area contributed by atoms with Crippen molar-refractivity contribution in [3.63, 3.8) is 0 Å². The number of esters is 1. The van der Waals surface area contributed by atoms with Gasteiger partial charge in [-0.2, -0.15) is 0 Å². The molecule has 0 unspecified atom stereocenters. The third kappa shape index (κ3) is 2.25. The van der Waals surface area contributed by atoms with Gasteiger partial charge in [-0.3, -0.25) is 0 Å². The Bertz CT molecular complexity index is 578. The van der Waals surface area contributed by atoms with E-state index in [0.29, 0.717) is 11.3 Å². The lowest BCUT2D eigenvalue weighted by Crippen LogP contribution is -2.04. The van der Waals surface area contributed by atoms with Gasteiger partial charge in [0.25, 0.3) is 0 Å². The maximum atomic E-state index is 11.1. The average Bonchev–Trinajstić information content (AvgIpc) is 2.37. The topological polar surface area (TPSA) is 48.4 Å². The van der Waals surface area contributed by atoms with Crippen LogP contribution < -0.4 is 9.47 Å². The molecule has 0 saturated carbocycles. The zero-order valence-corrected chi connectivity index (χ0v) is 9.34. The highest BCUT2D eigenvalue weighted by Crippen LogP contribution is 2.25. The molecule has 0 saturated heterocycles. The number of methoxy groups -OCH3 is 1. The van der Waals surface area contributed by atoms with Crippen LogP contribution in [-0.2, 0) is 4.79 Å². The number of ether oxygens (including phenoxy) is 2. The first-order valence-corrected chi connectivity index (χ1v) is 5.02. The fraction of sp³-hybridized carbons (Fsp3) is 0.0769. The number of fused-ring (bicyclic) bond motifs is 1. The Morgan fingerprint density at radius 2 is 2.18 bits per heavy atom. The van der Waals surface area contributed by atoms with Crippen molar-refractivity contribution in [1.82, 2.24) is 4.98 Å². The van der Waals surface area contributed by atoms with Crippen LogP contribution in [-0.4, -0.2) is 18.1 Å². The first kappa shape index (κ1) is 11.1. The van der Waals surface area contributed by atoms with Gasteiger partial charge in [0.1, 0.15) is 11.3 Å². The molecule has 0 amide bonds. The lowest BCUT2D eigenvalue weighted by atomic mass is 10.2. The molecule has 0 bridgehead atoms. The monoisotopic (exact) mass is 229 g/mol. The Hall–Kier alpha value is -2.36. The molecule has 0 aliphatic rings. The highest BCUT2D eigenvalue weighted by Gasteiger charge is 2.06. The van der Waals surface area contributed by atoms with Crippen LogP contribution >= 0.6 is 0 Å². The maximum Gasteiger partial charge on any atom is 0.336 e. The van der Waals surface area contributed by atoms with Crippen LogP contribution in [0.5, 0.6) is 11.6 Å². The summed E-state index contributed by atoms with van der Waals surface area (Å²) >= 11 is 0. The molecule has 1 heterocycles. The van der Waals surface area contributed by atoms with E-state index < -0.39 is 5.97 Å². The normalized spacial score (nSPS) is 9.94. The number of para-hydroxylation sites is 1. The molecule has 17 heavy (non-hydrogen) atoms. The summed E-state index contributed by atoms with van der Waals surface area (Å²) in [5.74, 6) is 0.331. The third-order valence-corrected chi connectivity index (χ3v) is 2.25. The zero-order chi connectivity index (χ0) is 12.3. The highest BCUT2D eigenvalue weighted by molar-refractivity contribution is 5.86. The van der Waals surface area contributed by atoms with Crippen molar-refractivity contribution >= 4 is 16.9 Å². The number of nitrogens with zero attached hydrogens (tertiary/aromatic N) is 1. The Morgan fingerprint density at radius 1 is 1.35 bits per heavy atom. The van der Waals surface area contributed by atoms with E-state index in [1.54, 1.807) is 19.2 Å². The Labute approximate surface area is 98.5 Å². The van der Waals surface area contributed by atoms with Gasteiger partial charge >= 0.3 is 5.97 Å². The van der Waals surface area contributed by atoms with E-state index in [2.05, 4.69) is 11.6 Å². The standard InChI is InChI=1S/C13H11NO3/c1-3-12(15)17-11-8-7-9-5-4-6-10(16-2)13(9)14-11/h3-8H,1H2,2H3. The first-order chi connectivity index (χ1) is 8.24. The molecule has 86 valence electrons. The van der Waals surface area contributed by atoms with E-state index in [1.807, 2.05) is 18.2 Å². The van der Waals surface area contributed by atoms with Gasteiger partial charge in [-0.15, -0.1) is 0 Å². The van der Waals surface area contributed by atoms with Crippen molar-refractivity contribution in [2.24, 2.45) is 0 Å². The van der Waals surface area contributed by atoms with Gasteiger partial charge in [0.2, 0.25) is 5.88 Å². The van der Waals surface area contributed by atoms with Crippen molar-refractivity contribution in [1.29, 1.82) is 0 Å². The second-order valence-electron chi connectivity index (χ2n) is 3.31. The van der Waals surface area contributed by atoms with Crippen LogP contribution in [0.1, 0.15) is 0 Å². The molecule has 1 aromatic carbocycles. The fourth-order valence-corrected chi connectivity index (χ4v) is 1.47. The molecule has 0 radical (unpaired) electrons. The molecule has 0 N–H and O–H groups in total. The summed E-state index contributed by atoms with van der Waals surface area (Å²) in [6.45, 7) is 3.33. The number of benzene rings is 1. The highest BCUT2D eigenvalue weighted by atomic mass is 16.5. The summed E-state index contributed by atoms with van der Waals surface area (Å²) in [5.41, 5.74) is 0.657. The van der Waals surface area contributed by atoms with Gasteiger partial charge < -0.3 is 9.47 Å². The number of hydrogen-bond donors (Lipinski definition) is 0. The van der Waals surface area contributed by atoms with E-state index in [0.717, 1.165) is 11.5 Å². The molecule has 0 aliphatic heterocycles. The molecule has 2 rings (SSSR count). The van der Waals surface area contributed by atoms with Crippen molar-refractivity contribution in [3.05, 3.63) is 43.0 Å². The average molecular weight is 229 g/mol. The van der Waals surface area contributed by atoms with E-state index >= 15 is 0 Å². The van der Waals surface area contributed by atoms with Crippen LogP contribution in [0.25, 0.3) is 10.9 Å². The Balaban J connectivity index is 2.48. The molecule has 4 heteroatoms. The van der Waals surface area contributed by atoms with Crippen LogP contribution in [0.3, 0.4) is 0 Å². The van der Waals surface area contributed by atoms with Crippen molar-refractivity contribution in [2.75, 3.05) is 7.11 Å². The van der Waals surface area contributed by atoms with E-state index in [-0.39, 0.29) is 5.88 Å². The van der Waals surface area contributed by atoms with Crippen LogP contribution in [0, 0.1) is 0 Å². The summed E-state index contributed by atoms with van der Waals surface area (Å²) in [4.78, 5) is 15.3. The van der Waals surface area contributed by atoms with Crippen LogP contribution in [0.15, 0.2) is 43.0 Å². The predicted octanol–water partition coefficient (Wildman–Crippen LogP) is 2.33. The van der Waals surface area contributed by atoms with Crippen molar-refractivity contribution in [2.45, 2.75) is 0 Å². The lowest BCUT2D eigenvalue weighted by molar-refractivity contribution is -0.129. The third-order valence-electron chi connectivity index (χ3n) is 2.25. The summed E-state index contributed by atoms with van der Waals surface area (Å²) < 4.78 is 10.1. The smallest absolute Gasteiger partial charge is 0.336 e. The summed E-state index contributed by atoms with van der Waals surface area (Å²) in [6.07, 6.45) is 1.09. The van der Waals surface area contributed by atoms with Gasteiger partial charge in [-0.1, -0.05) is 18.7 Å². The second-order valence-corrected chi connectivity index (χ2v) is 3.31. The number of pyridine rings is 1. The van der Waals surface area contributed by atoms with E-state index in [9.17, 15) is 4.79 Å². The maximum absolute atomic E-state index is 11.1. The Morgan fingerprint density at radius 3 is 2.88 bits per heavy atom. The van der Waals surface area contributed by atoms with Gasteiger partial charge in [0, 0.05) is 17.5 Å². The number of carbonyl (C=O) groups is 1. The minimum atomic E-state index is -0.535. The summed E-state index contributed by atoms with van der Waals surface area (Å²) in [5, 5.41) is 0.919. The van der Waals surface area contributed by atoms with Crippen molar-refractivity contribution in [3.8, 4) is 11.6 Å². The first-order valence-electron chi connectivity index (χ1n) is 5.02. The Kier molecular flexibility index (Phi) is 3.05. The molecular formula is C13H11NO3. The van der Waals surface area contributed by atoms with E-state index in [4.69, 9.17) is 9.47 Å². The predicted molar refractivity (Wildman–Crippen MR) is 64.1 cm³/mol. The summed E-state index contributed by atoms with van der Waals surface area (Å²) in [7, 11) is 1.57. The number of hydrogen-bond acceptors (Lipinski definition) is 4. The van der Waals surface area contributed by atoms with Gasteiger partial charge in [0.15, 0.2) is 0 Å². The second kappa shape index (κ2) is 4.65. The lowest BCUT2D eigenvalue weighted by Gasteiger charge is -2.06. The van der Waals surface area contributed by atoms with Gasteiger partial charge in [-0.25, -0.2) is 9.78 Å². The minimum Gasteiger partial charge on any atom is -0.494 e. The van der Waals surface area contributed by atoms with E-state index in [1.165, 1.54) is 0 Å². The number of aromatic nitrogens is 1. The number of carbonyl (C=O) groups excluding carboxylic acids is 1. The molecule has 1 aromatic heterocycles. The minimum absolute atomic E-state index is 0.229. The molecule has 4 nitrogen and oxygen atoms in total. The van der Waals surface area contributed by atoms with Crippen LogP contribution in [0.4, 0.5) is 0 Å². The molecule has 0 aliphatic carbocycles. The van der Waals surface area contributed by atoms with Gasteiger partial charge in [-0.05, 0) is 12.1 Å².